The Morgan fingerprint density at radius 3 is 2.65 bits per heavy atom. The van der Waals surface area contributed by atoms with E-state index >= 15 is 0 Å². The van der Waals surface area contributed by atoms with Crippen molar-refractivity contribution in [3.63, 3.8) is 0 Å². The van der Waals surface area contributed by atoms with Crippen LogP contribution < -0.4 is 10.1 Å². The first-order valence-electron chi connectivity index (χ1n) is 7.77. The number of benzene rings is 2. The summed E-state index contributed by atoms with van der Waals surface area (Å²) in [5.74, 6) is 1.53. The van der Waals surface area contributed by atoms with Crippen LogP contribution in [0, 0.1) is 0 Å². The van der Waals surface area contributed by atoms with Gasteiger partial charge in [0.1, 0.15) is 5.75 Å². The fourth-order valence-corrected chi connectivity index (χ4v) is 3.38. The molecular weight excluding hydrogens is 466 g/mol. The molecule has 0 aliphatic heterocycles. The molecule has 0 saturated carbocycles. The van der Waals surface area contributed by atoms with E-state index in [0.29, 0.717) is 23.8 Å². The van der Waals surface area contributed by atoms with Gasteiger partial charge in [0.05, 0.1) is 12.8 Å². The van der Waals surface area contributed by atoms with Gasteiger partial charge in [-0.2, -0.15) is 4.98 Å². The van der Waals surface area contributed by atoms with E-state index in [1.807, 2.05) is 42.5 Å². The Hall–Kier alpha value is -2.19. The standard InChI is InChI=1S/C18H15Br2N3O3/c1-25-13-5-2-11(3-6-13)18-22-17(26-23-18)9-8-16(24)21-15-7-4-12(19)10-14(15)20/h2-7,10H,8-9H2,1H3,(H,21,24). The second kappa shape index (κ2) is 8.46. The van der Waals surface area contributed by atoms with Crippen LogP contribution in [0.15, 0.2) is 55.9 Å². The van der Waals surface area contributed by atoms with Gasteiger partial charge in [-0.3, -0.25) is 4.79 Å². The number of aryl methyl sites for hydroxylation is 1. The molecular formula is C18H15Br2N3O3. The van der Waals surface area contributed by atoms with Crippen molar-refractivity contribution >= 4 is 43.5 Å². The van der Waals surface area contributed by atoms with Crippen molar-refractivity contribution < 1.29 is 14.1 Å². The lowest BCUT2D eigenvalue weighted by molar-refractivity contribution is -0.116. The number of ether oxygens (including phenoxy) is 1. The third-order valence-electron chi connectivity index (χ3n) is 3.59. The van der Waals surface area contributed by atoms with Crippen LogP contribution in [0.25, 0.3) is 11.4 Å². The van der Waals surface area contributed by atoms with Crippen LogP contribution in [0.4, 0.5) is 5.69 Å². The summed E-state index contributed by atoms with van der Waals surface area (Å²) in [6.45, 7) is 0. The number of anilines is 1. The highest BCUT2D eigenvalue weighted by Crippen LogP contribution is 2.26. The quantitative estimate of drug-likeness (QED) is 0.546. The highest BCUT2D eigenvalue weighted by atomic mass is 79.9. The van der Waals surface area contributed by atoms with Gasteiger partial charge in [0.15, 0.2) is 0 Å². The lowest BCUT2D eigenvalue weighted by Crippen LogP contribution is -2.12. The van der Waals surface area contributed by atoms with Crippen molar-refractivity contribution in [3.05, 3.63) is 57.3 Å². The third-order valence-corrected chi connectivity index (χ3v) is 4.74. The molecule has 0 radical (unpaired) electrons. The molecule has 3 rings (SSSR count). The molecule has 0 aliphatic carbocycles. The zero-order valence-electron chi connectivity index (χ0n) is 13.8. The summed E-state index contributed by atoms with van der Waals surface area (Å²) >= 11 is 6.79. The number of halogens is 2. The van der Waals surface area contributed by atoms with Crippen molar-refractivity contribution in [1.82, 2.24) is 10.1 Å². The van der Waals surface area contributed by atoms with Crippen LogP contribution in [0.5, 0.6) is 5.75 Å². The summed E-state index contributed by atoms with van der Waals surface area (Å²) in [4.78, 5) is 16.5. The maximum Gasteiger partial charge on any atom is 0.227 e. The molecule has 2 aromatic carbocycles. The molecule has 1 heterocycles. The van der Waals surface area contributed by atoms with Crippen molar-refractivity contribution in [1.29, 1.82) is 0 Å². The van der Waals surface area contributed by atoms with Crippen LogP contribution in [0.1, 0.15) is 12.3 Å². The molecule has 0 fully saturated rings. The predicted molar refractivity (Wildman–Crippen MR) is 105 cm³/mol. The zero-order chi connectivity index (χ0) is 18.5. The van der Waals surface area contributed by atoms with E-state index in [0.717, 1.165) is 20.3 Å². The second-order valence-electron chi connectivity index (χ2n) is 5.41. The summed E-state index contributed by atoms with van der Waals surface area (Å²) in [5, 5.41) is 6.80. The SMILES string of the molecule is COc1ccc(-c2noc(CCC(=O)Nc3ccc(Br)cc3Br)n2)cc1. The van der Waals surface area contributed by atoms with E-state index in [4.69, 9.17) is 9.26 Å². The van der Waals surface area contributed by atoms with Crippen LogP contribution in [-0.2, 0) is 11.2 Å². The fourth-order valence-electron chi connectivity index (χ4n) is 2.24. The van der Waals surface area contributed by atoms with Gasteiger partial charge in [-0.1, -0.05) is 21.1 Å². The topological polar surface area (TPSA) is 77.2 Å². The van der Waals surface area contributed by atoms with Crippen LogP contribution in [0.2, 0.25) is 0 Å². The normalized spacial score (nSPS) is 10.6. The molecule has 3 aromatic rings. The molecule has 0 atom stereocenters. The Balaban J connectivity index is 1.58. The van der Waals surface area contributed by atoms with Gasteiger partial charge in [-0.15, -0.1) is 0 Å². The van der Waals surface area contributed by atoms with Crippen molar-refractivity contribution in [2.24, 2.45) is 0 Å². The second-order valence-corrected chi connectivity index (χ2v) is 7.18. The van der Waals surface area contributed by atoms with Gasteiger partial charge in [0.25, 0.3) is 0 Å². The third kappa shape index (κ3) is 4.70. The first-order chi connectivity index (χ1) is 12.5. The zero-order valence-corrected chi connectivity index (χ0v) is 17.0. The number of carbonyl (C=O) groups excluding carboxylic acids is 1. The molecule has 0 aliphatic rings. The number of carbonyl (C=O) groups is 1. The molecule has 0 bridgehead atoms. The Bertz CT molecular complexity index is 910. The van der Waals surface area contributed by atoms with Gasteiger partial charge in [0.2, 0.25) is 17.6 Å². The molecule has 134 valence electrons. The Labute approximate surface area is 167 Å². The average molecular weight is 481 g/mol. The van der Waals surface area contributed by atoms with E-state index in [2.05, 4.69) is 47.3 Å². The summed E-state index contributed by atoms with van der Waals surface area (Å²) in [6, 6.07) is 12.9. The minimum Gasteiger partial charge on any atom is -0.497 e. The molecule has 1 N–H and O–H groups in total. The van der Waals surface area contributed by atoms with E-state index in [1.165, 1.54) is 0 Å². The Kier molecular flexibility index (Phi) is 6.05. The number of nitrogens with zero attached hydrogens (tertiary/aromatic N) is 2. The summed E-state index contributed by atoms with van der Waals surface area (Å²) in [7, 11) is 1.61. The van der Waals surface area contributed by atoms with Gasteiger partial charge in [-0.05, 0) is 58.4 Å². The average Bonchev–Trinajstić information content (AvgIpc) is 3.11. The van der Waals surface area contributed by atoms with Crippen LogP contribution in [0.3, 0.4) is 0 Å². The maximum atomic E-state index is 12.1. The van der Waals surface area contributed by atoms with Crippen LogP contribution in [-0.4, -0.2) is 23.2 Å². The molecule has 0 unspecified atom stereocenters. The van der Waals surface area contributed by atoms with Crippen molar-refractivity contribution in [3.8, 4) is 17.1 Å². The number of amides is 1. The number of hydrogen-bond acceptors (Lipinski definition) is 5. The largest absolute Gasteiger partial charge is 0.497 e. The number of aromatic nitrogens is 2. The smallest absolute Gasteiger partial charge is 0.227 e. The molecule has 6 nitrogen and oxygen atoms in total. The molecule has 8 heteroatoms. The minimum absolute atomic E-state index is 0.128. The number of hydrogen-bond donors (Lipinski definition) is 1. The number of methoxy groups -OCH3 is 1. The fraction of sp³-hybridized carbons (Fsp3) is 0.167. The maximum absolute atomic E-state index is 12.1. The summed E-state index contributed by atoms with van der Waals surface area (Å²) in [6.07, 6.45) is 0.607. The Morgan fingerprint density at radius 2 is 1.96 bits per heavy atom. The van der Waals surface area contributed by atoms with E-state index in [1.54, 1.807) is 7.11 Å². The molecule has 26 heavy (non-hydrogen) atoms. The highest BCUT2D eigenvalue weighted by Gasteiger charge is 2.12. The first-order valence-corrected chi connectivity index (χ1v) is 9.35. The monoisotopic (exact) mass is 479 g/mol. The van der Waals surface area contributed by atoms with E-state index in [-0.39, 0.29) is 12.3 Å². The highest BCUT2D eigenvalue weighted by molar-refractivity contribution is 9.11. The number of nitrogens with one attached hydrogen (secondary N) is 1. The lowest BCUT2D eigenvalue weighted by atomic mass is 10.2. The molecule has 0 spiro atoms. The first kappa shape index (κ1) is 18.6. The summed E-state index contributed by atoms with van der Waals surface area (Å²) in [5.41, 5.74) is 1.53. The predicted octanol–water partition coefficient (Wildman–Crippen LogP) is 4.84. The van der Waals surface area contributed by atoms with Crippen LogP contribution >= 0.6 is 31.9 Å². The van der Waals surface area contributed by atoms with Crippen molar-refractivity contribution in [2.75, 3.05) is 12.4 Å². The van der Waals surface area contributed by atoms with Crippen molar-refractivity contribution in [2.45, 2.75) is 12.8 Å². The van der Waals surface area contributed by atoms with Gasteiger partial charge >= 0.3 is 0 Å². The van der Waals surface area contributed by atoms with E-state index < -0.39 is 0 Å². The number of rotatable bonds is 6. The lowest BCUT2D eigenvalue weighted by Gasteiger charge is -2.06. The minimum atomic E-state index is -0.128. The van der Waals surface area contributed by atoms with Gasteiger partial charge in [-0.25, -0.2) is 0 Å². The summed E-state index contributed by atoms with van der Waals surface area (Å²) < 4.78 is 12.1. The molecule has 1 aromatic heterocycles. The molecule has 0 saturated heterocycles. The van der Waals surface area contributed by atoms with Gasteiger partial charge in [0, 0.05) is 27.4 Å². The molecule has 1 amide bonds. The van der Waals surface area contributed by atoms with E-state index in [9.17, 15) is 4.79 Å². The Morgan fingerprint density at radius 1 is 1.19 bits per heavy atom. The van der Waals surface area contributed by atoms with Gasteiger partial charge < -0.3 is 14.6 Å².